The van der Waals surface area contributed by atoms with Gasteiger partial charge in [-0.15, -0.1) is 0 Å². The van der Waals surface area contributed by atoms with Crippen LogP contribution in [0.4, 0.5) is 4.79 Å². The van der Waals surface area contributed by atoms with Crippen molar-refractivity contribution < 1.29 is 24.6 Å². The van der Waals surface area contributed by atoms with Crippen LogP contribution in [0.2, 0.25) is 0 Å². The highest BCUT2D eigenvalue weighted by Gasteiger charge is 2.35. The van der Waals surface area contributed by atoms with Gasteiger partial charge in [-0.25, -0.2) is 14.8 Å². The van der Waals surface area contributed by atoms with Gasteiger partial charge in [0.05, 0.1) is 19.6 Å². The third kappa shape index (κ3) is 5.00. The van der Waals surface area contributed by atoms with E-state index >= 15 is 0 Å². The second-order valence-electron chi connectivity index (χ2n) is 8.28. The second-order valence-corrected chi connectivity index (χ2v) is 8.28. The molecular formula is C23H29N5O5. The third-order valence-corrected chi connectivity index (χ3v) is 6.19. The molecule has 2 amide bonds. The molecule has 0 spiro atoms. The van der Waals surface area contributed by atoms with Gasteiger partial charge in [-0.1, -0.05) is 12.1 Å². The predicted molar refractivity (Wildman–Crippen MR) is 120 cm³/mol. The number of aliphatic carboxylic acids is 1. The molecule has 1 aromatic rings. The summed E-state index contributed by atoms with van der Waals surface area (Å²) < 4.78 is 5.07. The van der Waals surface area contributed by atoms with Crippen molar-refractivity contribution in [3.8, 4) is 5.88 Å². The molecule has 0 saturated carbocycles. The first-order chi connectivity index (χ1) is 16.0. The summed E-state index contributed by atoms with van der Waals surface area (Å²) in [4.78, 5) is 36.5. The highest BCUT2D eigenvalue weighted by Crippen LogP contribution is 2.30. The molecule has 0 aromatic carbocycles. The number of allylic oxidation sites excluding steroid dienone is 3. The van der Waals surface area contributed by atoms with Gasteiger partial charge in [0.25, 0.3) is 0 Å². The van der Waals surface area contributed by atoms with Crippen LogP contribution in [0.5, 0.6) is 5.88 Å². The van der Waals surface area contributed by atoms with Crippen molar-refractivity contribution in [1.29, 1.82) is 0 Å². The lowest BCUT2D eigenvalue weighted by Crippen LogP contribution is -2.36. The summed E-state index contributed by atoms with van der Waals surface area (Å²) in [5, 5.41) is 21.1. The Kier molecular flexibility index (Phi) is 6.93. The van der Waals surface area contributed by atoms with E-state index in [4.69, 9.17) is 4.74 Å². The first-order valence-corrected chi connectivity index (χ1v) is 11.2. The fourth-order valence-electron chi connectivity index (χ4n) is 4.45. The zero-order valence-electron chi connectivity index (χ0n) is 18.7. The van der Waals surface area contributed by atoms with Crippen molar-refractivity contribution >= 4 is 17.8 Å². The summed E-state index contributed by atoms with van der Waals surface area (Å²) in [6, 6.07) is 2.63. The Morgan fingerprint density at radius 3 is 2.85 bits per heavy atom. The molecule has 1 aromatic heterocycles. The van der Waals surface area contributed by atoms with Crippen LogP contribution in [0.1, 0.15) is 43.7 Å². The zero-order chi connectivity index (χ0) is 23.4. The molecule has 176 valence electrons. The molecule has 0 radical (unpaired) electrons. The zero-order valence-corrected chi connectivity index (χ0v) is 18.7. The van der Waals surface area contributed by atoms with Gasteiger partial charge in [0.1, 0.15) is 0 Å². The number of carboxylic acids is 1. The lowest BCUT2D eigenvalue weighted by molar-refractivity contribution is -0.138. The van der Waals surface area contributed by atoms with Crippen LogP contribution in [-0.4, -0.2) is 81.3 Å². The number of amidine groups is 1. The molecule has 4 rings (SSSR count). The highest BCUT2D eigenvalue weighted by atomic mass is 16.5. The number of aliphatic imine (C=N–C) groups is 1. The molecule has 33 heavy (non-hydrogen) atoms. The normalized spacial score (nSPS) is 19.0. The van der Waals surface area contributed by atoms with Crippen LogP contribution in [0.15, 0.2) is 46.7 Å². The van der Waals surface area contributed by atoms with Crippen LogP contribution in [0.25, 0.3) is 0 Å². The number of hydrogen-bond acceptors (Lipinski definition) is 7. The molecule has 3 aliphatic rings. The average molecular weight is 456 g/mol. The number of amides is 2. The molecule has 3 aliphatic heterocycles. The third-order valence-electron chi connectivity index (χ3n) is 6.19. The molecule has 0 aliphatic carbocycles. The summed E-state index contributed by atoms with van der Waals surface area (Å²) in [7, 11) is 1.51. The van der Waals surface area contributed by atoms with Gasteiger partial charge in [-0.2, -0.15) is 0 Å². The van der Waals surface area contributed by atoms with Gasteiger partial charge in [-0.3, -0.25) is 15.0 Å². The highest BCUT2D eigenvalue weighted by molar-refractivity contribution is 6.00. The number of hydroxylamine groups is 2. The standard InChI is InChI=1S/C23H29N5O5/c1-33-20-9-7-17(15-25-20)19(14-21(29)30)27-13-12-26(23(27)31)11-3-5-18-8-6-16-4-2-10-24-22(16)28(18)32/h6-9,15,19,32H,2-5,10-14H2,1H3,(H,29,30)/t19-/m0/s1. The maximum Gasteiger partial charge on any atom is 0.320 e. The summed E-state index contributed by atoms with van der Waals surface area (Å²) in [6.07, 6.45) is 8.48. The number of pyridine rings is 1. The lowest BCUT2D eigenvalue weighted by atomic mass is 10.0. The molecule has 2 N–H and O–H groups in total. The lowest BCUT2D eigenvalue weighted by Gasteiger charge is -2.29. The Bertz CT molecular complexity index is 987. The number of nitrogens with zero attached hydrogens (tertiary/aromatic N) is 5. The predicted octanol–water partition coefficient (Wildman–Crippen LogP) is 2.83. The number of ether oxygens (including phenoxy) is 1. The first kappa shape index (κ1) is 22.8. The van der Waals surface area contributed by atoms with Crippen molar-refractivity contribution in [3.63, 3.8) is 0 Å². The molecule has 1 saturated heterocycles. The number of fused-ring (bicyclic) bond motifs is 1. The summed E-state index contributed by atoms with van der Waals surface area (Å²) in [6.45, 7) is 2.21. The SMILES string of the molecule is COc1ccc([C@H](CC(=O)O)N2CCN(CCCC3=CC=C4CCCN=C4N3O)C2=O)cn1. The largest absolute Gasteiger partial charge is 0.481 e. The number of carbonyl (C=O) groups is 2. The van der Waals surface area contributed by atoms with E-state index in [9.17, 15) is 19.9 Å². The van der Waals surface area contributed by atoms with Gasteiger partial charge in [0.15, 0.2) is 5.84 Å². The number of urea groups is 1. The average Bonchev–Trinajstić information content (AvgIpc) is 3.19. The topological polar surface area (TPSA) is 119 Å². The number of carboxylic acid groups (broad SMARTS) is 1. The number of carbonyl (C=O) groups excluding carboxylic acids is 1. The molecule has 0 bridgehead atoms. The Balaban J connectivity index is 1.37. The maximum absolute atomic E-state index is 13.1. The van der Waals surface area contributed by atoms with E-state index in [1.807, 2.05) is 12.2 Å². The Morgan fingerprint density at radius 2 is 2.12 bits per heavy atom. The maximum atomic E-state index is 13.1. The fraction of sp³-hybridized carbons (Fsp3) is 0.478. The van der Waals surface area contributed by atoms with Crippen molar-refractivity contribution in [1.82, 2.24) is 19.8 Å². The van der Waals surface area contributed by atoms with Crippen LogP contribution in [0.3, 0.4) is 0 Å². The van der Waals surface area contributed by atoms with E-state index in [0.29, 0.717) is 49.8 Å². The second kappa shape index (κ2) is 10.0. The van der Waals surface area contributed by atoms with E-state index < -0.39 is 12.0 Å². The molecule has 1 atom stereocenters. The Hall–Kier alpha value is -3.40. The Labute approximate surface area is 192 Å². The minimum Gasteiger partial charge on any atom is -0.481 e. The van der Waals surface area contributed by atoms with Crippen molar-refractivity contribution in [3.05, 3.63) is 47.3 Å². The van der Waals surface area contributed by atoms with Gasteiger partial charge >= 0.3 is 12.0 Å². The molecular weight excluding hydrogens is 426 g/mol. The molecule has 0 unspecified atom stereocenters. The summed E-state index contributed by atoms with van der Waals surface area (Å²) in [5.74, 6) is 0.0810. The van der Waals surface area contributed by atoms with E-state index in [0.717, 1.165) is 30.7 Å². The van der Waals surface area contributed by atoms with Crippen molar-refractivity contribution in [2.24, 2.45) is 4.99 Å². The van der Waals surface area contributed by atoms with E-state index in [1.54, 1.807) is 28.1 Å². The number of rotatable bonds is 9. The number of methoxy groups -OCH3 is 1. The number of aromatic nitrogens is 1. The van der Waals surface area contributed by atoms with E-state index in [-0.39, 0.29) is 12.5 Å². The minimum absolute atomic E-state index is 0.186. The monoisotopic (exact) mass is 455 g/mol. The molecule has 1 fully saturated rings. The van der Waals surface area contributed by atoms with Crippen molar-refractivity contribution in [2.45, 2.75) is 38.1 Å². The molecule has 10 heteroatoms. The van der Waals surface area contributed by atoms with Crippen LogP contribution in [0, 0.1) is 0 Å². The van der Waals surface area contributed by atoms with Crippen molar-refractivity contribution in [2.75, 3.05) is 33.3 Å². The van der Waals surface area contributed by atoms with E-state index in [2.05, 4.69) is 9.98 Å². The van der Waals surface area contributed by atoms with Gasteiger partial charge < -0.3 is 19.6 Å². The van der Waals surface area contributed by atoms with Crippen LogP contribution in [-0.2, 0) is 4.79 Å². The van der Waals surface area contributed by atoms with E-state index in [1.165, 1.54) is 12.2 Å². The van der Waals surface area contributed by atoms with Gasteiger partial charge in [0.2, 0.25) is 5.88 Å². The smallest absolute Gasteiger partial charge is 0.320 e. The quantitative estimate of drug-likeness (QED) is 0.588. The number of hydrogen-bond donors (Lipinski definition) is 2. The van der Waals surface area contributed by atoms with Crippen LogP contribution >= 0.6 is 0 Å². The summed E-state index contributed by atoms with van der Waals surface area (Å²) >= 11 is 0. The van der Waals surface area contributed by atoms with Crippen LogP contribution < -0.4 is 4.74 Å². The minimum atomic E-state index is -0.979. The van der Waals surface area contributed by atoms with Gasteiger partial charge in [-0.05, 0) is 42.9 Å². The van der Waals surface area contributed by atoms with Gasteiger partial charge in [0, 0.05) is 44.1 Å². The fourth-order valence-corrected chi connectivity index (χ4v) is 4.45. The Morgan fingerprint density at radius 1 is 1.27 bits per heavy atom. The molecule has 4 heterocycles. The summed E-state index contributed by atoms with van der Waals surface area (Å²) in [5.41, 5.74) is 2.47. The molecule has 10 nitrogen and oxygen atoms in total. The first-order valence-electron chi connectivity index (χ1n) is 11.2.